The lowest BCUT2D eigenvalue weighted by Crippen LogP contribution is -2.26. The predicted molar refractivity (Wildman–Crippen MR) is 63.6 cm³/mol. The molecular weight excluding hydrogens is 224 g/mol. The summed E-state index contributed by atoms with van der Waals surface area (Å²) in [6.07, 6.45) is 3.38. The fourth-order valence-corrected chi connectivity index (χ4v) is 1.72. The van der Waals surface area contributed by atoms with Crippen LogP contribution in [0.1, 0.15) is 0 Å². The number of hydrogen-bond acceptors (Lipinski definition) is 3. The van der Waals surface area contributed by atoms with Gasteiger partial charge in [0.25, 0.3) is 0 Å². The summed E-state index contributed by atoms with van der Waals surface area (Å²) in [5.41, 5.74) is 1.74. The molecule has 84 valence electrons. The van der Waals surface area contributed by atoms with E-state index in [0.29, 0.717) is 4.77 Å². The van der Waals surface area contributed by atoms with E-state index in [1.165, 1.54) is 0 Å². The number of carbonyl (C=O) groups excluding carboxylic acids is 1. The molecule has 0 aliphatic carbocycles. The number of H-pyrrole nitrogens is 1. The van der Waals surface area contributed by atoms with Gasteiger partial charge in [0.1, 0.15) is 6.54 Å². The third-order valence-electron chi connectivity index (χ3n) is 2.37. The summed E-state index contributed by atoms with van der Waals surface area (Å²) in [5.74, 6) is 0.00816. The molecule has 0 unspecified atom stereocenters. The van der Waals surface area contributed by atoms with Crippen molar-refractivity contribution in [2.75, 3.05) is 14.1 Å². The summed E-state index contributed by atoms with van der Waals surface area (Å²) in [6.45, 7) is 0.246. The molecule has 2 aromatic heterocycles. The predicted octanol–water partition coefficient (Wildman–Crippen LogP) is 1.18. The van der Waals surface area contributed by atoms with Crippen LogP contribution in [0.15, 0.2) is 18.5 Å². The molecule has 0 radical (unpaired) electrons. The molecule has 0 fully saturated rings. The van der Waals surface area contributed by atoms with Gasteiger partial charge in [0.05, 0.1) is 17.2 Å². The first kappa shape index (κ1) is 10.8. The smallest absolute Gasteiger partial charge is 0.242 e. The Morgan fingerprint density at radius 3 is 3.06 bits per heavy atom. The lowest BCUT2D eigenvalue weighted by atomic mass is 10.4. The van der Waals surface area contributed by atoms with Gasteiger partial charge in [0.15, 0.2) is 4.77 Å². The molecule has 0 aliphatic heterocycles. The average molecular weight is 236 g/mol. The second-order valence-corrected chi connectivity index (χ2v) is 4.08. The minimum absolute atomic E-state index is 0.00816. The van der Waals surface area contributed by atoms with Crippen LogP contribution in [0.25, 0.3) is 11.0 Å². The fourth-order valence-electron chi connectivity index (χ4n) is 1.44. The Morgan fingerprint density at radius 1 is 1.62 bits per heavy atom. The van der Waals surface area contributed by atoms with Gasteiger partial charge in [-0.1, -0.05) is 0 Å². The largest absolute Gasteiger partial charge is 0.347 e. The van der Waals surface area contributed by atoms with E-state index in [2.05, 4.69) is 9.97 Å². The van der Waals surface area contributed by atoms with Crippen LogP contribution in [-0.2, 0) is 11.3 Å². The summed E-state index contributed by atoms with van der Waals surface area (Å²) < 4.78 is 2.31. The lowest BCUT2D eigenvalue weighted by molar-refractivity contribution is -0.129. The zero-order valence-electron chi connectivity index (χ0n) is 9.10. The summed E-state index contributed by atoms with van der Waals surface area (Å²) in [4.78, 5) is 20.2. The molecule has 16 heavy (non-hydrogen) atoms. The molecule has 0 aromatic carbocycles. The van der Waals surface area contributed by atoms with Crippen molar-refractivity contribution in [3.8, 4) is 0 Å². The molecule has 6 heteroatoms. The van der Waals surface area contributed by atoms with Crippen LogP contribution in [0.3, 0.4) is 0 Å². The molecule has 1 amide bonds. The summed E-state index contributed by atoms with van der Waals surface area (Å²) in [6, 6.07) is 1.84. The Morgan fingerprint density at radius 2 is 2.38 bits per heavy atom. The van der Waals surface area contributed by atoms with Crippen molar-refractivity contribution < 1.29 is 4.79 Å². The van der Waals surface area contributed by atoms with Crippen molar-refractivity contribution in [1.82, 2.24) is 19.4 Å². The first-order chi connectivity index (χ1) is 7.59. The molecule has 0 atom stereocenters. The number of carbonyl (C=O) groups is 1. The normalized spacial score (nSPS) is 10.6. The Labute approximate surface area is 97.7 Å². The maximum Gasteiger partial charge on any atom is 0.242 e. The molecular formula is C10H12N4OS. The third kappa shape index (κ3) is 1.83. The summed E-state index contributed by atoms with van der Waals surface area (Å²) in [7, 11) is 3.45. The van der Waals surface area contributed by atoms with E-state index < -0.39 is 0 Å². The molecule has 2 heterocycles. The van der Waals surface area contributed by atoms with Crippen LogP contribution < -0.4 is 0 Å². The molecule has 0 aliphatic rings. The van der Waals surface area contributed by atoms with Gasteiger partial charge in [-0.3, -0.25) is 9.78 Å². The number of aromatic nitrogens is 3. The molecule has 2 rings (SSSR count). The van der Waals surface area contributed by atoms with E-state index in [4.69, 9.17) is 12.2 Å². The number of hydrogen-bond donors (Lipinski definition) is 1. The summed E-state index contributed by atoms with van der Waals surface area (Å²) >= 11 is 5.17. The lowest BCUT2D eigenvalue weighted by Gasteiger charge is -2.10. The van der Waals surface area contributed by atoms with Crippen LogP contribution in [0.4, 0.5) is 0 Å². The van der Waals surface area contributed by atoms with Crippen LogP contribution in [0.2, 0.25) is 0 Å². The van der Waals surface area contributed by atoms with E-state index in [1.807, 2.05) is 6.07 Å². The molecule has 0 spiro atoms. The minimum Gasteiger partial charge on any atom is -0.347 e. The molecule has 0 bridgehead atoms. The highest BCUT2D eigenvalue weighted by Gasteiger charge is 2.09. The van der Waals surface area contributed by atoms with Gasteiger partial charge in [-0.05, 0) is 18.3 Å². The van der Waals surface area contributed by atoms with E-state index in [9.17, 15) is 4.79 Å². The number of aromatic amines is 1. The number of pyridine rings is 1. The van der Waals surface area contributed by atoms with E-state index in [0.717, 1.165) is 11.0 Å². The van der Waals surface area contributed by atoms with Crippen molar-refractivity contribution in [3.05, 3.63) is 23.2 Å². The zero-order valence-corrected chi connectivity index (χ0v) is 9.91. The minimum atomic E-state index is 0.00816. The highest BCUT2D eigenvalue weighted by atomic mass is 32.1. The van der Waals surface area contributed by atoms with Crippen molar-refractivity contribution in [3.63, 3.8) is 0 Å². The Hall–Kier alpha value is -1.69. The third-order valence-corrected chi connectivity index (χ3v) is 2.69. The first-order valence-electron chi connectivity index (χ1n) is 4.82. The SMILES string of the molecule is CN(C)C(=O)Cn1c(=S)[nH]c2cnccc21. The van der Waals surface area contributed by atoms with Crippen molar-refractivity contribution >= 4 is 29.2 Å². The Balaban J connectivity index is 2.48. The van der Waals surface area contributed by atoms with Gasteiger partial charge >= 0.3 is 0 Å². The highest BCUT2D eigenvalue weighted by Crippen LogP contribution is 2.12. The molecule has 5 nitrogen and oxygen atoms in total. The number of likely N-dealkylation sites (N-methyl/N-ethyl adjacent to an activating group) is 1. The van der Waals surface area contributed by atoms with Gasteiger partial charge in [0.2, 0.25) is 5.91 Å². The quantitative estimate of drug-likeness (QED) is 0.797. The van der Waals surface area contributed by atoms with Crippen molar-refractivity contribution in [2.45, 2.75) is 6.54 Å². The maximum atomic E-state index is 11.6. The molecule has 0 saturated carbocycles. The van der Waals surface area contributed by atoms with Crippen LogP contribution in [0, 0.1) is 4.77 Å². The number of nitrogens with one attached hydrogen (secondary N) is 1. The van der Waals surface area contributed by atoms with E-state index >= 15 is 0 Å². The monoisotopic (exact) mass is 236 g/mol. The van der Waals surface area contributed by atoms with Gasteiger partial charge in [-0.2, -0.15) is 0 Å². The maximum absolute atomic E-state index is 11.6. The molecule has 0 saturated heterocycles. The number of amides is 1. The Bertz CT molecular complexity index is 584. The Kier molecular flexibility index (Phi) is 2.74. The van der Waals surface area contributed by atoms with Gasteiger partial charge in [0, 0.05) is 20.3 Å². The zero-order chi connectivity index (χ0) is 11.7. The van der Waals surface area contributed by atoms with Crippen molar-refractivity contribution in [1.29, 1.82) is 0 Å². The van der Waals surface area contributed by atoms with E-state index in [-0.39, 0.29) is 12.5 Å². The number of nitrogens with zero attached hydrogens (tertiary/aromatic N) is 3. The second kappa shape index (κ2) is 4.05. The van der Waals surface area contributed by atoms with Gasteiger partial charge in [-0.25, -0.2) is 0 Å². The average Bonchev–Trinajstić information content (AvgIpc) is 2.55. The number of fused-ring (bicyclic) bond motifs is 1. The second-order valence-electron chi connectivity index (χ2n) is 3.70. The number of rotatable bonds is 2. The van der Waals surface area contributed by atoms with E-state index in [1.54, 1.807) is 36.0 Å². The van der Waals surface area contributed by atoms with Crippen LogP contribution in [0.5, 0.6) is 0 Å². The first-order valence-corrected chi connectivity index (χ1v) is 5.23. The molecule has 2 aromatic rings. The van der Waals surface area contributed by atoms with Gasteiger partial charge < -0.3 is 14.5 Å². The highest BCUT2D eigenvalue weighted by molar-refractivity contribution is 7.71. The fraction of sp³-hybridized carbons (Fsp3) is 0.300. The van der Waals surface area contributed by atoms with Gasteiger partial charge in [-0.15, -0.1) is 0 Å². The summed E-state index contributed by atoms with van der Waals surface area (Å²) in [5, 5.41) is 0. The molecule has 1 N–H and O–H groups in total. The van der Waals surface area contributed by atoms with Crippen LogP contribution >= 0.6 is 12.2 Å². The van der Waals surface area contributed by atoms with Crippen molar-refractivity contribution in [2.24, 2.45) is 0 Å². The van der Waals surface area contributed by atoms with Crippen LogP contribution in [-0.4, -0.2) is 39.4 Å². The topological polar surface area (TPSA) is 53.9 Å². The number of imidazole rings is 1. The standard InChI is InChI=1S/C10H12N4OS/c1-13(2)9(15)6-14-8-3-4-11-5-7(8)12-10(14)16/h3-5H,6H2,1-2H3,(H,12,16).